The number of nitrogens with zero attached hydrogens (tertiary/aromatic N) is 1. The van der Waals surface area contributed by atoms with E-state index in [1.54, 1.807) is 18.2 Å². The largest absolute Gasteiger partial charge is 0.324 e. The molecule has 0 atom stereocenters. The average molecular weight is 356 g/mol. The number of sulfonamides is 1. The van der Waals surface area contributed by atoms with Gasteiger partial charge >= 0.3 is 0 Å². The zero-order chi connectivity index (χ0) is 13.9. The smallest absolute Gasteiger partial charge is 0.239 e. The maximum absolute atomic E-state index is 11.6. The van der Waals surface area contributed by atoms with Crippen LogP contribution in [0, 0.1) is 0 Å². The van der Waals surface area contributed by atoms with Crippen molar-refractivity contribution in [3.05, 3.63) is 27.7 Å². The van der Waals surface area contributed by atoms with E-state index in [1.165, 1.54) is 7.05 Å². The highest BCUT2D eigenvalue weighted by Gasteiger charge is 2.15. The first-order valence-corrected chi connectivity index (χ1v) is 7.88. The maximum atomic E-state index is 11.6. The molecule has 0 saturated carbocycles. The van der Waals surface area contributed by atoms with Crippen LogP contribution in [0.4, 0.5) is 5.69 Å². The summed E-state index contributed by atoms with van der Waals surface area (Å²) in [5.41, 5.74) is 0.437. The molecule has 0 aromatic heterocycles. The molecule has 18 heavy (non-hydrogen) atoms. The van der Waals surface area contributed by atoms with E-state index in [0.29, 0.717) is 10.7 Å². The molecule has 1 rings (SSSR count). The number of carbonyl (C=O) groups is 1. The molecule has 1 amide bonds. The van der Waals surface area contributed by atoms with Crippen molar-refractivity contribution in [2.75, 3.05) is 25.2 Å². The van der Waals surface area contributed by atoms with Crippen LogP contribution in [0.1, 0.15) is 0 Å². The summed E-state index contributed by atoms with van der Waals surface area (Å²) in [6.45, 7) is -0.259. The molecular formula is C10H12BrClN2O3S. The van der Waals surface area contributed by atoms with Gasteiger partial charge in [0.25, 0.3) is 0 Å². The van der Waals surface area contributed by atoms with Crippen LogP contribution in [-0.2, 0) is 14.8 Å². The standard InChI is InChI=1S/C10H12BrClN2O3S/c1-14(18(2,16)17)6-10(15)13-9-4-3-7(11)5-8(9)12/h3-5H,6H2,1-2H3,(H,13,15). The second-order valence-electron chi connectivity index (χ2n) is 3.69. The quantitative estimate of drug-likeness (QED) is 0.897. The van der Waals surface area contributed by atoms with Gasteiger partial charge in [-0.15, -0.1) is 0 Å². The van der Waals surface area contributed by atoms with Crippen molar-refractivity contribution >= 4 is 49.1 Å². The molecule has 0 spiro atoms. The third kappa shape index (κ3) is 4.56. The molecule has 0 fully saturated rings. The Labute approximate surface area is 119 Å². The van der Waals surface area contributed by atoms with E-state index in [2.05, 4.69) is 21.2 Å². The number of hydrogen-bond donors (Lipinski definition) is 1. The summed E-state index contributed by atoms with van der Waals surface area (Å²) in [5.74, 6) is -0.452. The van der Waals surface area contributed by atoms with Crippen LogP contribution >= 0.6 is 27.5 Å². The Balaban J connectivity index is 2.71. The molecule has 8 heteroatoms. The van der Waals surface area contributed by atoms with Crippen molar-refractivity contribution < 1.29 is 13.2 Å². The molecule has 0 saturated heterocycles. The lowest BCUT2D eigenvalue weighted by atomic mass is 10.3. The van der Waals surface area contributed by atoms with Crippen LogP contribution in [0.5, 0.6) is 0 Å². The second kappa shape index (κ2) is 6.01. The predicted molar refractivity (Wildman–Crippen MR) is 75.3 cm³/mol. The topological polar surface area (TPSA) is 66.5 Å². The van der Waals surface area contributed by atoms with Gasteiger partial charge in [0.2, 0.25) is 15.9 Å². The summed E-state index contributed by atoms with van der Waals surface area (Å²) in [6, 6.07) is 4.99. The van der Waals surface area contributed by atoms with E-state index >= 15 is 0 Å². The summed E-state index contributed by atoms with van der Waals surface area (Å²) >= 11 is 9.17. The van der Waals surface area contributed by atoms with Crippen molar-refractivity contribution in [3.63, 3.8) is 0 Å². The Hall–Kier alpha value is -0.630. The van der Waals surface area contributed by atoms with E-state index in [-0.39, 0.29) is 6.54 Å². The summed E-state index contributed by atoms with van der Waals surface area (Å²) in [6.07, 6.45) is 1.03. The molecule has 0 radical (unpaired) electrons. The van der Waals surface area contributed by atoms with Gasteiger partial charge in [0.1, 0.15) is 0 Å². The van der Waals surface area contributed by atoms with Crippen LogP contribution in [0.2, 0.25) is 5.02 Å². The number of benzene rings is 1. The number of carbonyl (C=O) groups excluding carboxylic acids is 1. The maximum Gasteiger partial charge on any atom is 0.239 e. The highest BCUT2D eigenvalue weighted by molar-refractivity contribution is 9.10. The second-order valence-corrected chi connectivity index (χ2v) is 7.10. The van der Waals surface area contributed by atoms with Crippen LogP contribution in [0.15, 0.2) is 22.7 Å². The van der Waals surface area contributed by atoms with Gasteiger partial charge in [0.05, 0.1) is 23.5 Å². The van der Waals surface area contributed by atoms with Crippen LogP contribution < -0.4 is 5.32 Å². The van der Waals surface area contributed by atoms with Crippen molar-refractivity contribution in [3.8, 4) is 0 Å². The summed E-state index contributed by atoms with van der Waals surface area (Å²) in [4.78, 5) is 11.6. The van der Waals surface area contributed by atoms with Gasteiger partial charge < -0.3 is 5.32 Å². The zero-order valence-corrected chi connectivity index (χ0v) is 12.9. The monoisotopic (exact) mass is 354 g/mol. The molecule has 0 heterocycles. The van der Waals surface area contributed by atoms with Gasteiger partial charge in [0.15, 0.2) is 0 Å². The highest BCUT2D eigenvalue weighted by atomic mass is 79.9. The fourth-order valence-electron chi connectivity index (χ4n) is 1.10. The van der Waals surface area contributed by atoms with Crippen LogP contribution in [0.25, 0.3) is 0 Å². The van der Waals surface area contributed by atoms with E-state index in [9.17, 15) is 13.2 Å². The summed E-state index contributed by atoms with van der Waals surface area (Å²) in [7, 11) is -2.04. The minimum Gasteiger partial charge on any atom is -0.324 e. The van der Waals surface area contributed by atoms with Crippen LogP contribution in [-0.4, -0.2) is 38.5 Å². The Kier molecular flexibility index (Phi) is 5.15. The molecule has 0 unspecified atom stereocenters. The molecule has 0 aliphatic carbocycles. The van der Waals surface area contributed by atoms with Crippen molar-refractivity contribution in [1.29, 1.82) is 0 Å². The SMILES string of the molecule is CN(CC(=O)Nc1ccc(Br)cc1Cl)S(C)(=O)=O. The first-order chi connectivity index (χ1) is 8.20. The molecule has 1 aromatic rings. The van der Waals surface area contributed by atoms with E-state index in [4.69, 9.17) is 11.6 Å². The lowest BCUT2D eigenvalue weighted by Gasteiger charge is -2.14. The van der Waals surface area contributed by atoms with Gasteiger partial charge in [0, 0.05) is 11.5 Å². The molecular weight excluding hydrogens is 344 g/mol. The third-order valence-electron chi connectivity index (χ3n) is 2.14. The van der Waals surface area contributed by atoms with E-state index in [0.717, 1.165) is 15.0 Å². The Morgan fingerprint density at radius 3 is 2.61 bits per heavy atom. The number of rotatable bonds is 4. The normalized spacial score (nSPS) is 11.6. The number of nitrogens with one attached hydrogen (secondary N) is 1. The Bertz CT molecular complexity index is 562. The van der Waals surface area contributed by atoms with Gasteiger partial charge in [-0.3, -0.25) is 4.79 Å². The number of halogens is 2. The minimum absolute atomic E-state index is 0.259. The van der Waals surface area contributed by atoms with Crippen molar-refractivity contribution in [2.45, 2.75) is 0 Å². The van der Waals surface area contributed by atoms with Gasteiger partial charge in [-0.1, -0.05) is 27.5 Å². The van der Waals surface area contributed by atoms with E-state index < -0.39 is 15.9 Å². The van der Waals surface area contributed by atoms with Gasteiger partial charge in [-0.05, 0) is 18.2 Å². The number of anilines is 1. The number of hydrogen-bond acceptors (Lipinski definition) is 3. The van der Waals surface area contributed by atoms with Crippen molar-refractivity contribution in [1.82, 2.24) is 4.31 Å². The first kappa shape index (κ1) is 15.4. The molecule has 100 valence electrons. The summed E-state index contributed by atoms with van der Waals surface area (Å²) in [5, 5.41) is 2.92. The van der Waals surface area contributed by atoms with E-state index in [1.807, 2.05) is 0 Å². The molecule has 5 nitrogen and oxygen atoms in total. The Morgan fingerprint density at radius 1 is 1.50 bits per heavy atom. The molecule has 1 aromatic carbocycles. The zero-order valence-electron chi connectivity index (χ0n) is 9.78. The molecule has 0 aliphatic rings. The first-order valence-electron chi connectivity index (χ1n) is 4.86. The number of amides is 1. The highest BCUT2D eigenvalue weighted by Crippen LogP contribution is 2.25. The number of likely N-dealkylation sites (N-methyl/N-ethyl adjacent to an activating group) is 1. The van der Waals surface area contributed by atoms with Crippen molar-refractivity contribution in [2.24, 2.45) is 0 Å². The van der Waals surface area contributed by atoms with Gasteiger partial charge in [-0.25, -0.2) is 8.42 Å². The fraction of sp³-hybridized carbons (Fsp3) is 0.300. The fourth-order valence-corrected chi connectivity index (χ4v) is 2.17. The summed E-state index contributed by atoms with van der Waals surface area (Å²) < 4.78 is 24.0. The molecule has 0 bridgehead atoms. The average Bonchev–Trinajstić information content (AvgIpc) is 2.20. The molecule has 0 aliphatic heterocycles. The van der Waals surface area contributed by atoms with Crippen LogP contribution in [0.3, 0.4) is 0 Å². The minimum atomic E-state index is -3.38. The lowest BCUT2D eigenvalue weighted by molar-refractivity contribution is -0.116. The Morgan fingerprint density at radius 2 is 2.11 bits per heavy atom. The predicted octanol–water partition coefficient (Wildman–Crippen LogP) is 1.93. The van der Waals surface area contributed by atoms with Gasteiger partial charge in [-0.2, -0.15) is 4.31 Å². The lowest BCUT2D eigenvalue weighted by Crippen LogP contribution is -2.34. The molecule has 1 N–H and O–H groups in total. The third-order valence-corrected chi connectivity index (χ3v) is 4.21.